The lowest BCUT2D eigenvalue weighted by Crippen LogP contribution is -2.24. The first-order chi connectivity index (χ1) is 14.6. The number of hydrogen-bond acceptors (Lipinski definition) is 7. The Hall–Kier alpha value is -3.30. The van der Waals surface area contributed by atoms with Gasteiger partial charge < -0.3 is 10.2 Å². The summed E-state index contributed by atoms with van der Waals surface area (Å²) >= 11 is 0. The van der Waals surface area contributed by atoms with Gasteiger partial charge >= 0.3 is 0 Å². The number of fused-ring (bicyclic) bond motifs is 1. The number of benzene rings is 2. The maximum atomic E-state index is 11.6. The van der Waals surface area contributed by atoms with Crippen molar-refractivity contribution in [3.8, 4) is 0 Å². The Morgan fingerprint density at radius 3 is 2.58 bits per heavy atom. The van der Waals surface area contributed by atoms with Crippen LogP contribution in [0.15, 0.2) is 58.5 Å². The molecule has 0 saturated heterocycles. The van der Waals surface area contributed by atoms with Crippen LogP contribution in [0, 0.1) is 6.92 Å². The molecule has 1 aliphatic rings. The van der Waals surface area contributed by atoms with Gasteiger partial charge in [-0.1, -0.05) is 6.07 Å². The molecule has 4 rings (SSSR count). The van der Waals surface area contributed by atoms with Crippen LogP contribution in [0.3, 0.4) is 0 Å². The Labute approximate surface area is 181 Å². The van der Waals surface area contributed by atoms with Gasteiger partial charge in [-0.25, -0.2) is 18.5 Å². The normalized spacial score (nSPS) is 15.4. The molecule has 0 amide bonds. The van der Waals surface area contributed by atoms with Gasteiger partial charge in [0.15, 0.2) is 0 Å². The smallest absolute Gasteiger partial charge is 0.238 e. The molecule has 9 heteroatoms. The van der Waals surface area contributed by atoms with Crippen LogP contribution in [-0.2, 0) is 10.0 Å². The summed E-state index contributed by atoms with van der Waals surface area (Å²) in [5.74, 6) is 1.11. The van der Waals surface area contributed by atoms with E-state index in [2.05, 4.69) is 47.3 Å². The quantitative estimate of drug-likeness (QED) is 0.633. The highest BCUT2D eigenvalue weighted by atomic mass is 32.2. The van der Waals surface area contributed by atoms with E-state index in [4.69, 9.17) is 10.1 Å². The van der Waals surface area contributed by atoms with Crippen molar-refractivity contribution in [1.29, 1.82) is 0 Å². The third-order valence-electron chi connectivity index (χ3n) is 5.47. The Morgan fingerprint density at radius 1 is 1.10 bits per heavy atom. The Kier molecular flexibility index (Phi) is 5.24. The molecule has 1 atom stereocenters. The standard InChI is InChI=1S/C22H24N6O2S/c1-13-11-16(5-8-20(13)31(23,29)30)26-22-24-10-9-21(27-22)28(4)17-6-7-18-14(2)15(3)25-19(18)12-17/h5-12,15H,1-4H3,(H2,23,29,30)(H,24,26,27). The fourth-order valence-corrected chi connectivity index (χ4v) is 4.37. The largest absolute Gasteiger partial charge is 0.329 e. The highest BCUT2D eigenvalue weighted by molar-refractivity contribution is 7.89. The van der Waals surface area contributed by atoms with Crippen molar-refractivity contribution < 1.29 is 8.42 Å². The second-order valence-electron chi connectivity index (χ2n) is 7.64. The number of primary sulfonamides is 1. The number of sulfonamides is 1. The summed E-state index contributed by atoms with van der Waals surface area (Å²) in [4.78, 5) is 15.6. The van der Waals surface area contributed by atoms with E-state index in [0.717, 1.165) is 11.0 Å². The van der Waals surface area contributed by atoms with E-state index in [-0.39, 0.29) is 10.9 Å². The van der Waals surface area contributed by atoms with Gasteiger partial charge in [0.05, 0.1) is 16.3 Å². The highest BCUT2D eigenvalue weighted by Gasteiger charge is 2.14. The van der Waals surface area contributed by atoms with E-state index in [9.17, 15) is 8.42 Å². The Bertz CT molecular complexity index is 1400. The molecule has 0 bridgehead atoms. The number of rotatable bonds is 5. The molecule has 160 valence electrons. The second-order valence-corrected chi connectivity index (χ2v) is 9.17. The maximum Gasteiger partial charge on any atom is 0.238 e. The van der Waals surface area contributed by atoms with Gasteiger partial charge in [0, 0.05) is 29.8 Å². The first-order valence-corrected chi connectivity index (χ1v) is 11.3. The zero-order valence-electron chi connectivity index (χ0n) is 17.8. The SMILES string of the molecule is CC1=c2ccc(N(C)c3ccnc(Nc4ccc(S(N)(=O)=O)c(C)c4)n3)cc2=NC1C. The molecule has 1 aromatic heterocycles. The minimum absolute atomic E-state index is 0.0938. The number of nitrogens with one attached hydrogen (secondary N) is 1. The molecule has 8 nitrogen and oxygen atoms in total. The zero-order valence-corrected chi connectivity index (χ0v) is 18.6. The third-order valence-corrected chi connectivity index (χ3v) is 6.55. The predicted molar refractivity (Wildman–Crippen MR) is 122 cm³/mol. The van der Waals surface area contributed by atoms with Gasteiger partial charge in [-0.2, -0.15) is 4.98 Å². The number of aromatic nitrogens is 2. The van der Waals surface area contributed by atoms with Crippen LogP contribution >= 0.6 is 0 Å². The molecule has 31 heavy (non-hydrogen) atoms. The first kappa shape index (κ1) is 21.0. The van der Waals surface area contributed by atoms with E-state index in [0.29, 0.717) is 23.0 Å². The number of nitrogens with two attached hydrogens (primary N) is 1. The van der Waals surface area contributed by atoms with Crippen molar-refractivity contribution in [2.45, 2.75) is 31.7 Å². The summed E-state index contributed by atoms with van der Waals surface area (Å²) in [5.41, 5.74) is 3.47. The molecule has 0 radical (unpaired) electrons. The second kappa shape index (κ2) is 7.75. The molecule has 2 aromatic carbocycles. The zero-order chi connectivity index (χ0) is 22.3. The van der Waals surface area contributed by atoms with Gasteiger partial charge in [0.1, 0.15) is 5.82 Å². The Morgan fingerprint density at radius 2 is 1.87 bits per heavy atom. The molecule has 0 fully saturated rings. The molecule has 0 saturated carbocycles. The summed E-state index contributed by atoms with van der Waals surface area (Å²) in [7, 11) is -1.82. The minimum Gasteiger partial charge on any atom is -0.329 e. The molecule has 0 spiro atoms. The molecule has 2 heterocycles. The van der Waals surface area contributed by atoms with Crippen molar-refractivity contribution in [3.05, 3.63) is 64.8 Å². The summed E-state index contributed by atoms with van der Waals surface area (Å²) in [5, 5.41) is 10.5. The highest BCUT2D eigenvalue weighted by Crippen LogP contribution is 2.24. The lowest BCUT2D eigenvalue weighted by molar-refractivity contribution is 0.597. The van der Waals surface area contributed by atoms with Gasteiger partial charge in [0.2, 0.25) is 16.0 Å². The van der Waals surface area contributed by atoms with Crippen LogP contribution in [0.1, 0.15) is 19.4 Å². The van der Waals surface area contributed by atoms with Crippen LogP contribution in [0.25, 0.3) is 5.57 Å². The summed E-state index contributed by atoms with van der Waals surface area (Å²) in [6.07, 6.45) is 1.67. The molecular weight excluding hydrogens is 412 g/mol. The Balaban J connectivity index is 1.60. The molecule has 0 aliphatic carbocycles. The number of aryl methyl sites for hydroxylation is 1. The molecule has 3 N–H and O–H groups in total. The third kappa shape index (κ3) is 4.14. The van der Waals surface area contributed by atoms with Crippen molar-refractivity contribution in [1.82, 2.24) is 9.97 Å². The van der Waals surface area contributed by atoms with E-state index in [1.807, 2.05) is 18.0 Å². The predicted octanol–water partition coefficient (Wildman–Crippen LogP) is 2.14. The lowest BCUT2D eigenvalue weighted by atomic mass is 10.1. The van der Waals surface area contributed by atoms with Crippen LogP contribution < -0.4 is 25.9 Å². The van der Waals surface area contributed by atoms with Crippen molar-refractivity contribution in [2.75, 3.05) is 17.3 Å². The van der Waals surface area contributed by atoms with Gasteiger partial charge in [-0.15, -0.1) is 0 Å². The molecule has 3 aromatic rings. The fraction of sp³-hybridized carbons (Fsp3) is 0.227. The van der Waals surface area contributed by atoms with Crippen LogP contribution in [0.2, 0.25) is 0 Å². The topological polar surface area (TPSA) is 114 Å². The number of hydrogen-bond donors (Lipinski definition) is 2. The van der Waals surface area contributed by atoms with Crippen molar-refractivity contribution in [3.63, 3.8) is 0 Å². The van der Waals surface area contributed by atoms with Gasteiger partial charge in [-0.05, 0) is 68.3 Å². The first-order valence-electron chi connectivity index (χ1n) is 9.79. The van der Waals surface area contributed by atoms with Crippen LogP contribution in [0.4, 0.5) is 23.1 Å². The van der Waals surface area contributed by atoms with E-state index in [1.165, 1.54) is 16.9 Å². The van der Waals surface area contributed by atoms with Crippen LogP contribution in [-0.4, -0.2) is 31.5 Å². The molecule has 1 aliphatic heterocycles. The monoisotopic (exact) mass is 436 g/mol. The van der Waals surface area contributed by atoms with Crippen LogP contribution in [0.5, 0.6) is 0 Å². The number of nitrogens with zero attached hydrogens (tertiary/aromatic N) is 4. The maximum absolute atomic E-state index is 11.6. The van der Waals surface area contributed by atoms with E-state index >= 15 is 0 Å². The van der Waals surface area contributed by atoms with Gasteiger partial charge in [0.25, 0.3) is 0 Å². The summed E-state index contributed by atoms with van der Waals surface area (Å²) < 4.78 is 23.2. The van der Waals surface area contributed by atoms with Crippen molar-refractivity contribution in [2.24, 2.45) is 10.1 Å². The van der Waals surface area contributed by atoms with Crippen molar-refractivity contribution >= 4 is 38.7 Å². The number of anilines is 4. The summed E-state index contributed by atoms with van der Waals surface area (Å²) in [6.45, 7) is 5.90. The summed E-state index contributed by atoms with van der Waals surface area (Å²) in [6, 6.07) is 13.0. The minimum atomic E-state index is -3.76. The van der Waals surface area contributed by atoms with E-state index in [1.54, 1.807) is 25.3 Å². The molecular formula is C22H24N6O2S. The lowest BCUT2D eigenvalue weighted by Gasteiger charge is -2.19. The molecule has 1 unspecified atom stereocenters. The van der Waals surface area contributed by atoms with Gasteiger partial charge in [-0.3, -0.25) is 4.99 Å². The average molecular weight is 437 g/mol. The van der Waals surface area contributed by atoms with E-state index < -0.39 is 10.0 Å². The fourth-order valence-electron chi connectivity index (χ4n) is 3.60. The average Bonchev–Trinajstić information content (AvgIpc) is 3.00.